The topological polar surface area (TPSA) is 12.0 Å². The third kappa shape index (κ3) is 4.88. The second-order valence-corrected chi connectivity index (χ2v) is 6.77. The van der Waals surface area contributed by atoms with Crippen molar-refractivity contribution in [2.75, 3.05) is 13.1 Å². The molecule has 1 N–H and O–H groups in total. The lowest BCUT2D eigenvalue weighted by molar-refractivity contribution is 0.207. The second kappa shape index (κ2) is 7.39. The molecule has 0 radical (unpaired) electrons. The van der Waals surface area contributed by atoms with E-state index in [-0.39, 0.29) is 11.2 Å². The van der Waals surface area contributed by atoms with Gasteiger partial charge in [0.25, 0.3) is 0 Å². The molecule has 1 aromatic rings. The summed E-state index contributed by atoms with van der Waals surface area (Å²) >= 11 is 3.26. The van der Waals surface area contributed by atoms with Crippen LogP contribution in [0.1, 0.15) is 39.7 Å². The monoisotopic (exact) mass is 329 g/mol. The highest BCUT2D eigenvalue weighted by molar-refractivity contribution is 9.10. The number of benzene rings is 1. The van der Waals surface area contributed by atoms with E-state index in [4.69, 9.17) is 0 Å². The van der Waals surface area contributed by atoms with Crippen molar-refractivity contribution in [3.63, 3.8) is 0 Å². The Labute approximate surface area is 125 Å². The Morgan fingerprint density at radius 1 is 1.37 bits per heavy atom. The van der Waals surface area contributed by atoms with Crippen LogP contribution in [0.15, 0.2) is 22.7 Å². The van der Waals surface area contributed by atoms with Gasteiger partial charge in [-0.05, 0) is 64.3 Å². The standard InChI is InChI=1S/C16H25BrFN/c1-5-8-19-11-16(4,12(2)3)10-13-6-7-15(18)14(17)9-13/h6-7,9,12,19H,5,8,10-11H2,1-4H3. The van der Waals surface area contributed by atoms with E-state index in [0.717, 1.165) is 25.9 Å². The third-order valence-electron chi connectivity index (χ3n) is 3.94. The van der Waals surface area contributed by atoms with Crippen LogP contribution in [0.3, 0.4) is 0 Å². The zero-order chi connectivity index (χ0) is 14.5. The minimum Gasteiger partial charge on any atom is -0.316 e. The Morgan fingerprint density at radius 2 is 2.05 bits per heavy atom. The minimum absolute atomic E-state index is 0.187. The molecule has 1 atom stereocenters. The summed E-state index contributed by atoms with van der Waals surface area (Å²) in [5.74, 6) is 0.375. The van der Waals surface area contributed by atoms with Crippen LogP contribution in [-0.2, 0) is 6.42 Å². The molecule has 1 unspecified atom stereocenters. The molecule has 19 heavy (non-hydrogen) atoms. The first kappa shape index (κ1) is 16.6. The van der Waals surface area contributed by atoms with Gasteiger partial charge in [-0.25, -0.2) is 4.39 Å². The Hall–Kier alpha value is -0.410. The van der Waals surface area contributed by atoms with Crippen LogP contribution in [0, 0.1) is 17.2 Å². The number of hydrogen-bond donors (Lipinski definition) is 1. The Kier molecular flexibility index (Phi) is 6.48. The molecule has 3 heteroatoms. The van der Waals surface area contributed by atoms with Crippen molar-refractivity contribution in [3.8, 4) is 0 Å². The highest BCUT2D eigenvalue weighted by atomic mass is 79.9. The summed E-state index contributed by atoms with van der Waals surface area (Å²) in [4.78, 5) is 0. The largest absolute Gasteiger partial charge is 0.316 e. The molecule has 0 aliphatic rings. The van der Waals surface area contributed by atoms with Gasteiger partial charge in [-0.1, -0.05) is 33.8 Å². The maximum Gasteiger partial charge on any atom is 0.137 e. The fourth-order valence-corrected chi connectivity index (χ4v) is 2.56. The fraction of sp³-hybridized carbons (Fsp3) is 0.625. The summed E-state index contributed by atoms with van der Waals surface area (Å²) in [6, 6.07) is 5.33. The normalized spacial score (nSPS) is 14.7. The molecule has 0 bridgehead atoms. The van der Waals surface area contributed by atoms with Crippen LogP contribution in [0.5, 0.6) is 0 Å². The fourth-order valence-electron chi connectivity index (χ4n) is 2.14. The molecular weight excluding hydrogens is 305 g/mol. The van der Waals surface area contributed by atoms with Gasteiger partial charge in [0.2, 0.25) is 0 Å². The van der Waals surface area contributed by atoms with Gasteiger partial charge in [-0.15, -0.1) is 0 Å². The van der Waals surface area contributed by atoms with E-state index < -0.39 is 0 Å². The first-order chi connectivity index (χ1) is 8.89. The van der Waals surface area contributed by atoms with E-state index in [2.05, 4.69) is 48.9 Å². The van der Waals surface area contributed by atoms with Crippen molar-refractivity contribution in [3.05, 3.63) is 34.1 Å². The summed E-state index contributed by atoms with van der Waals surface area (Å²) in [6.45, 7) is 11.0. The maximum atomic E-state index is 13.3. The maximum absolute atomic E-state index is 13.3. The summed E-state index contributed by atoms with van der Waals surface area (Å²) in [6.07, 6.45) is 2.11. The molecular formula is C16H25BrFN. The van der Waals surface area contributed by atoms with Crippen molar-refractivity contribution in [1.82, 2.24) is 5.32 Å². The SMILES string of the molecule is CCCNCC(C)(Cc1ccc(F)c(Br)c1)C(C)C. The molecule has 1 aromatic carbocycles. The van der Waals surface area contributed by atoms with Crippen molar-refractivity contribution < 1.29 is 4.39 Å². The number of rotatable bonds is 7. The highest BCUT2D eigenvalue weighted by Crippen LogP contribution is 2.31. The molecule has 1 nitrogen and oxygen atoms in total. The van der Waals surface area contributed by atoms with Gasteiger partial charge < -0.3 is 5.32 Å². The average Bonchev–Trinajstić information content (AvgIpc) is 2.34. The Bertz CT molecular complexity index is 406. The van der Waals surface area contributed by atoms with E-state index in [9.17, 15) is 4.39 Å². The molecule has 0 saturated carbocycles. The summed E-state index contributed by atoms with van der Waals surface area (Å²) in [7, 11) is 0. The molecule has 0 aromatic heterocycles. The van der Waals surface area contributed by atoms with E-state index in [1.54, 1.807) is 6.07 Å². The van der Waals surface area contributed by atoms with Crippen LogP contribution in [0.25, 0.3) is 0 Å². The molecule has 1 rings (SSSR count). The quantitative estimate of drug-likeness (QED) is 0.709. The van der Waals surface area contributed by atoms with E-state index in [1.807, 2.05) is 12.1 Å². The third-order valence-corrected chi connectivity index (χ3v) is 4.55. The molecule has 0 amide bonds. The number of halogens is 2. The average molecular weight is 330 g/mol. The van der Waals surface area contributed by atoms with Crippen molar-refractivity contribution in [2.45, 2.75) is 40.5 Å². The molecule has 0 aliphatic carbocycles. The van der Waals surface area contributed by atoms with Crippen LogP contribution < -0.4 is 5.32 Å². The molecule has 0 heterocycles. The van der Waals surface area contributed by atoms with E-state index in [1.165, 1.54) is 5.56 Å². The lowest BCUT2D eigenvalue weighted by Gasteiger charge is -2.34. The van der Waals surface area contributed by atoms with Gasteiger partial charge in [-0.3, -0.25) is 0 Å². The lowest BCUT2D eigenvalue weighted by Crippen LogP contribution is -2.38. The smallest absolute Gasteiger partial charge is 0.137 e. The predicted octanol–water partition coefficient (Wildman–Crippen LogP) is 4.79. The number of nitrogens with one attached hydrogen (secondary N) is 1. The predicted molar refractivity (Wildman–Crippen MR) is 83.9 cm³/mol. The second-order valence-electron chi connectivity index (χ2n) is 5.91. The molecule has 0 spiro atoms. The first-order valence-corrected chi connectivity index (χ1v) is 7.83. The molecule has 0 saturated heterocycles. The van der Waals surface area contributed by atoms with Crippen LogP contribution in [-0.4, -0.2) is 13.1 Å². The van der Waals surface area contributed by atoms with Crippen LogP contribution in [0.4, 0.5) is 4.39 Å². The van der Waals surface area contributed by atoms with Gasteiger partial charge >= 0.3 is 0 Å². The lowest BCUT2D eigenvalue weighted by atomic mass is 9.74. The molecule has 0 fully saturated rings. The van der Waals surface area contributed by atoms with Crippen molar-refractivity contribution in [1.29, 1.82) is 0 Å². The minimum atomic E-state index is -0.195. The van der Waals surface area contributed by atoms with E-state index in [0.29, 0.717) is 10.4 Å². The summed E-state index contributed by atoms with van der Waals surface area (Å²) < 4.78 is 13.8. The molecule has 108 valence electrons. The first-order valence-electron chi connectivity index (χ1n) is 7.03. The van der Waals surface area contributed by atoms with E-state index >= 15 is 0 Å². The highest BCUT2D eigenvalue weighted by Gasteiger charge is 2.28. The Morgan fingerprint density at radius 3 is 2.58 bits per heavy atom. The van der Waals surface area contributed by atoms with Gasteiger partial charge in [0.15, 0.2) is 0 Å². The van der Waals surface area contributed by atoms with Crippen molar-refractivity contribution >= 4 is 15.9 Å². The number of hydrogen-bond acceptors (Lipinski definition) is 1. The van der Waals surface area contributed by atoms with Gasteiger partial charge in [-0.2, -0.15) is 0 Å². The molecule has 0 aliphatic heterocycles. The van der Waals surface area contributed by atoms with Gasteiger partial charge in [0.1, 0.15) is 5.82 Å². The van der Waals surface area contributed by atoms with Gasteiger partial charge in [0.05, 0.1) is 4.47 Å². The van der Waals surface area contributed by atoms with Crippen molar-refractivity contribution in [2.24, 2.45) is 11.3 Å². The summed E-state index contributed by atoms with van der Waals surface area (Å²) in [5, 5.41) is 3.52. The zero-order valence-corrected chi connectivity index (χ0v) is 14.0. The zero-order valence-electron chi connectivity index (χ0n) is 12.4. The summed E-state index contributed by atoms with van der Waals surface area (Å²) in [5.41, 5.74) is 1.37. The Balaban J connectivity index is 2.79. The van der Waals surface area contributed by atoms with Crippen LogP contribution in [0.2, 0.25) is 0 Å². The van der Waals surface area contributed by atoms with Gasteiger partial charge in [0, 0.05) is 6.54 Å². The van der Waals surface area contributed by atoms with Crippen LogP contribution >= 0.6 is 15.9 Å².